The second-order valence-electron chi connectivity index (χ2n) is 3.21. The second-order valence-corrected chi connectivity index (χ2v) is 4.99. The Morgan fingerprint density at radius 2 is 2.00 bits per heavy atom. The molecule has 0 spiro atoms. The molecule has 0 bridgehead atoms. The summed E-state index contributed by atoms with van der Waals surface area (Å²) in [5, 5.41) is 0. The molecule has 0 radical (unpaired) electrons. The van der Waals surface area contributed by atoms with Crippen LogP contribution in [0.4, 0.5) is 0 Å². The summed E-state index contributed by atoms with van der Waals surface area (Å²) >= 11 is 0. The number of hydrogen-bond acceptors (Lipinski definition) is 4. The molecule has 1 aromatic rings. The van der Waals surface area contributed by atoms with Crippen molar-refractivity contribution in [3.63, 3.8) is 0 Å². The van der Waals surface area contributed by atoms with Crippen LogP contribution in [0.3, 0.4) is 0 Å². The molecular formula is C9H7NO4S. The number of nitrogens with zero attached hydrogens (tertiary/aromatic N) is 1. The molecule has 2 amide bonds. The van der Waals surface area contributed by atoms with Crippen molar-refractivity contribution in [2.75, 3.05) is 0 Å². The lowest BCUT2D eigenvalue weighted by Gasteiger charge is -2.03. The lowest BCUT2D eigenvalue weighted by atomic mass is 10.1. The number of amides is 2. The van der Waals surface area contributed by atoms with Crippen LogP contribution in [0.1, 0.15) is 15.9 Å². The molecule has 1 aromatic carbocycles. The van der Waals surface area contributed by atoms with E-state index in [0.717, 1.165) is 5.56 Å². The lowest BCUT2D eigenvalue weighted by Crippen LogP contribution is -2.28. The zero-order chi connectivity index (χ0) is 11.2. The highest BCUT2D eigenvalue weighted by Gasteiger charge is 2.41. The van der Waals surface area contributed by atoms with Gasteiger partial charge >= 0.3 is 0 Å². The van der Waals surface area contributed by atoms with Gasteiger partial charge in [-0.15, -0.1) is 0 Å². The third-order valence-corrected chi connectivity index (χ3v) is 3.86. The highest BCUT2D eigenvalue weighted by molar-refractivity contribution is 7.90. The number of hydrogen-bond donors (Lipinski definition) is 0. The Labute approximate surface area is 86.4 Å². The first-order valence-electron chi connectivity index (χ1n) is 4.13. The van der Waals surface area contributed by atoms with Crippen LogP contribution in [0.25, 0.3) is 0 Å². The summed E-state index contributed by atoms with van der Waals surface area (Å²) in [6, 6.07) is 4.42. The highest BCUT2D eigenvalue weighted by Crippen LogP contribution is 2.29. The maximum absolute atomic E-state index is 11.7. The predicted octanol–water partition coefficient (Wildman–Crippen LogP) is 0.296. The van der Waals surface area contributed by atoms with Gasteiger partial charge in [0.05, 0.1) is 5.56 Å². The number of benzene rings is 1. The maximum Gasteiger partial charge on any atom is 0.275 e. The summed E-state index contributed by atoms with van der Waals surface area (Å²) in [7, 11) is -3.95. The summed E-state index contributed by atoms with van der Waals surface area (Å²) < 4.78 is 23.5. The molecule has 1 aliphatic heterocycles. The van der Waals surface area contributed by atoms with Gasteiger partial charge in [-0.1, -0.05) is 6.07 Å². The van der Waals surface area contributed by atoms with Gasteiger partial charge in [0.25, 0.3) is 15.9 Å². The van der Waals surface area contributed by atoms with Crippen molar-refractivity contribution in [2.45, 2.75) is 11.8 Å². The zero-order valence-electron chi connectivity index (χ0n) is 7.80. The average Bonchev–Trinajstić information content (AvgIpc) is 2.35. The minimum absolute atomic E-state index is 0.0208. The molecule has 2 rings (SSSR count). The average molecular weight is 225 g/mol. The van der Waals surface area contributed by atoms with Gasteiger partial charge in [-0.05, 0) is 24.6 Å². The molecule has 0 saturated carbocycles. The highest BCUT2D eigenvalue weighted by atomic mass is 32.2. The summed E-state index contributed by atoms with van der Waals surface area (Å²) in [6.07, 6.45) is 0.0208. The van der Waals surface area contributed by atoms with Gasteiger partial charge in [0.2, 0.25) is 6.41 Å². The van der Waals surface area contributed by atoms with Crippen LogP contribution in [0.15, 0.2) is 23.1 Å². The van der Waals surface area contributed by atoms with Gasteiger partial charge in [0, 0.05) is 0 Å². The Bertz CT molecular complexity index is 561. The Kier molecular flexibility index (Phi) is 1.90. The number of rotatable bonds is 1. The van der Waals surface area contributed by atoms with Gasteiger partial charge in [-0.2, -0.15) is 4.31 Å². The first kappa shape index (κ1) is 9.85. The summed E-state index contributed by atoms with van der Waals surface area (Å²) in [4.78, 5) is 21.9. The third-order valence-electron chi connectivity index (χ3n) is 2.20. The largest absolute Gasteiger partial charge is 0.277 e. The van der Waals surface area contributed by atoms with E-state index >= 15 is 0 Å². The van der Waals surface area contributed by atoms with E-state index in [-0.39, 0.29) is 21.2 Å². The van der Waals surface area contributed by atoms with E-state index in [4.69, 9.17) is 0 Å². The molecule has 15 heavy (non-hydrogen) atoms. The molecule has 0 fully saturated rings. The van der Waals surface area contributed by atoms with Crippen LogP contribution < -0.4 is 0 Å². The van der Waals surface area contributed by atoms with Crippen LogP contribution in [0, 0.1) is 6.92 Å². The number of carbonyl (C=O) groups excluding carboxylic acids is 2. The fourth-order valence-corrected chi connectivity index (χ4v) is 2.87. The first-order chi connectivity index (χ1) is 6.98. The van der Waals surface area contributed by atoms with Crippen molar-refractivity contribution in [1.82, 2.24) is 4.31 Å². The van der Waals surface area contributed by atoms with E-state index in [1.165, 1.54) is 12.1 Å². The van der Waals surface area contributed by atoms with Crippen LogP contribution in [-0.2, 0) is 14.8 Å². The topological polar surface area (TPSA) is 71.5 Å². The quantitative estimate of drug-likeness (QED) is 0.644. The van der Waals surface area contributed by atoms with Gasteiger partial charge in [-0.25, -0.2) is 8.42 Å². The van der Waals surface area contributed by atoms with Gasteiger partial charge in [0.15, 0.2) is 0 Å². The zero-order valence-corrected chi connectivity index (χ0v) is 8.61. The van der Waals surface area contributed by atoms with Gasteiger partial charge in [-0.3, -0.25) is 9.59 Å². The molecule has 0 unspecified atom stereocenters. The minimum Gasteiger partial charge on any atom is -0.277 e. The Hall–Kier alpha value is -1.69. The Morgan fingerprint density at radius 1 is 1.33 bits per heavy atom. The van der Waals surface area contributed by atoms with Crippen LogP contribution in [0.2, 0.25) is 0 Å². The molecule has 78 valence electrons. The van der Waals surface area contributed by atoms with E-state index in [1.807, 2.05) is 0 Å². The van der Waals surface area contributed by atoms with Gasteiger partial charge < -0.3 is 0 Å². The van der Waals surface area contributed by atoms with Crippen molar-refractivity contribution < 1.29 is 18.0 Å². The van der Waals surface area contributed by atoms with Crippen molar-refractivity contribution in [3.05, 3.63) is 29.3 Å². The number of carbonyl (C=O) groups is 2. The molecule has 0 N–H and O–H groups in total. The second kappa shape index (κ2) is 2.90. The molecular weight excluding hydrogens is 218 g/mol. The Balaban J connectivity index is 2.80. The monoisotopic (exact) mass is 225 g/mol. The SMILES string of the molecule is Cc1ccc2c(c1)S(=O)(=O)N(C=O)C2=O. The van der Waals surface area contributed by atoms with Crippen molar-refractivity contribution >= 4 is 22.3 Å². The number of sulfonamides is 1. The summed E-state index contributed by atoms with van der Waals surface area (Å²) in [5.41, 5.74) is 0.769. The molecule has 0 aliphatic carbocycles. The molecule has 0 atom stereocenters. The Morgan fingerprint density at radius 3 is 2.60 bits per heavy atom. The normalized spacial score (nSPS) is 17.7. The van der Waals surface area contributed by atoms with E-state index in [0.29, 0.717) is 0 Å². The minimum atomic E-state index is -3.95. The van der Waals surface area contributed by atoms with Gasteiger partial charge in [0.1, 0.15) is 4.90 Å². The van der Waals surface area contributed by atoms with Crippen LogP contribution in [-0.4, -0.2) is 25.0 Å². The standard InChI is InChI=1S/C9H7NO4S/c1-6-2-3-7-8(4-6)15(13,14)10(5-11)9(7)12/h2-5H,1H3. The van der Waals surface area contributed by atoms with E-state index in [9.17, 15) is 18.0 Å². The predicted molar refractivity (Wildman–Crippen MR) is 50.6 cm³/mol. The molecule has 6 heteroatoms. The summed E-state index contributed by atoms with van der Waals surface area (Å²) in [6.45, 7) is 1.71. The van der Waals surface area contributed by atoms with Crippen molar-refractivity contribution in [1.29, 1.82) is 0 Å². The number of aryl methyl sites for hydroxylation is 1. The molecule has 0 aromatic heterocycles. The number of fused-ring (bicyclic) bond motifs is 1. The van der Waals surface area contributed by atoms with Crippen LogP contribution >= 0.6 is 0 Å². The third kappa shape index (κ3) is 1.18. The first-order valence-corrected chi connectivity index (χ1v) is 5.57. The molecule has 0 saturated heterocycles. The number of imide groups is 1. The van der Waals surface area contributed by atoms with E-state index in [1.54, 1.807) is 13.0 Å². The molecule has 1 aliphatic rings. The fourth-order valence-electron chi connectivity index (χ4n) is 1.46. The van der Waals surface area contributed by atoms with E-state index < -0.39 is 15.9 Å². The van der Waals surface area contributed by atoms with Crippen LogP contribution in [0.5, 0.6) is 0 Å². The molecule has 1 heterocycles. The fraction of sp³-hybridized carbons (Fsp3) is 0.111. The van der Waals surface area contributed by atoms with Crippen molar-refractivity contribution in [2.24, 2.45) is 0 Å². The van der Waals surface area contributed by atoms with Crippen molar-refractivity contribution in [3.8, 4) is 0 Å². The van der Waals surface area contributed by atoms with E-state index in [2.05, 4.69) is 0 Å². The maximum atomic E-state index is 11.7. The summed E-state index contributed by atoms with van der Waals surface area (Å²) in [5.74, 6) is -0.792. The lowest BCUT2D eigenvalue weighted by molar-refractivity contribution is -0.112. The smallest absolute Gasteiger partial charge is 0.275 e. The molecule has 5 nitrogen and oxygen atoms in total.